The predicted octanol–water partition coefficient (Wildman–Crippen LogP) is 2.32. The maximum atomic E-state index is 12.4. The van der Waals surface area contributed by atoms with E-state index in [-0.39, 0.29) is 5.69 Å². The molecule has 0 radical (unpaired) electrons. The van der Waals surface area contributed by atoms with Crippen LogP contribution in [0, 0.1) is 0 Å². The Kier molecular flexibility index (Phi) is 3.19. The fraction of sp³-hybridized carbons (Fsp3) is 0.583. The fourth-order valence-electron chi connectivity index (χ4n) is 1.66. The molecule has 1 aromatic heterocycles. The van der Waals surface area contributed by atoms with E-state index in [0.717, 1.165) is 0 Å². The molecule has 1 aliphatic heterocycles. The van der Waals surface area contributed by atoms with Crippen LogP contribution in [0.3, 0.4) is 0 Å². The van der Waals surface area contributed by atoms with Gasteiger partial charge in [0.05, 0.1) is 11.2 Å². The van der Waals surface area contributed by atoms with Crippen molar-refractivity contribution in [2.75, 3.05) is 0 Å². The molecule has 1 aromatic rings. The average Bonchev–Trinajstić information content (AvgIpc) is 2.48. The fourth-order valence-corrected chi connectivity index (χ4v) is 1.66. The first-order valence-corrected chi connectivity index (χ1v) is 5.82. The standard InChI is InChI=1S/C12H16BF2NO2/c1-11(2)12(3,4)18-13(17-11)8-5-6-9(10(14)15)16-7-8/h5-7,10H,1-4H3. The second-order valence-electron chi connectivity index (χ2n) is 5.41. The van der Waals surface area contributed by atoms with Gasteiger partial charge in [-0.1, -0.05) is 6.07 Å². The van der Waals surface area contributed by atoms with Crippen LogP contribution in [0.25, 0.3) is 0 Å². The van der Waals surface area contributed by atoms with E-state index in [0.29, 0.717) is 5.46 Å². The predicted molar refractivity (Wildman–Crippen MR) is 64.9 cm³/mol. The molecule has 0 spiro atoms. The molecule has 98 valence electrons. The van der Waals surface area contributed by atoms with Crippen LogP contribution in [0.2, 0.25) is 0 Å². The summed E-state index contributed by atoms with van der Waals surface area (Å²) in [5.74, 6) is 0. The molecule has 0 amide bonds. The maximum absolute atomic E-state index is 12.4. The minimum Gasteiger partial charge on any atom is -0.399 e. The molecule has 0 aromatic carbocycles. The smallest absolute Gasteiger partial charge is 0.399 e. The molecule has 0 N–H and O–H groups in total. The van der Waals surface area contributed by atoms with Crippen LogP contribution in [0.1, 0.15) is 39.8 Å². The summed E-state index contributed by atoms with van der Waals surface area (Å²) in [5.41, 5.74) is -0.480. The van der Waals surface area contributed by atoms with Crippen LogP contribution in [0.15, 0.2) is 18.3 Å². The highest BCUT2D eigenvalue weighted by atomic mass is 19.3. The zero-order valence-corrected chi connectivity index (χ0v) is 10.9. The van der Waals surface area contributed by atoms with Crippen LogP contribution in [-0.2, 0) is 9.31 Å². The molecule has 0 aliphatic carbocycles. The lowest BCUT2D eigenvalue weighted by atomic mass is 9.80. The molecule has 1 fully saturated rings. The Bertz CT molecular complexity index is 418. The van der Waals surface area contributed by atoms with Crippen molar-refractivity contribution in [3.63, 3.8) is 0 Å². The van der Waals surface area contributed by atoms with Gasteiger partial charge in [0.1, 0.15) is 5.69 Å². The number of hydrogen-bond donors (Lipinski definition) is 0. The summed E-state index contributed by atoms with van der Waals surface area (Å²) in [6, 6.07) is 2.86. The largest absolute Gasteiger partial charge is 0.496 e. The van der Waals surface area contributed by atoms with Crippen molar-refractivity contribution in [3.8, 4) is 0 Å². The summed E-state index contributed by atoms with van der Waals surface area (Å²) >= 11 is 0. The first-order valence-electron chi connectivity index (χ1n) is 5.82. The Morgan fingerprint density at radius 2 is 1.67 bits per heavy atom. The first-order chi connectivity index (χ1) is 8.23. The Morgan fingerprint density at radius 3 is 2.06 bits per heavy atom. The summed E-state index contributed by atoms with van der Waals surface area (Å²) in [4.78, 5) is 3.71. The van der Waals surface area contributed by atoms with Gasteiger partial charge in [0.25, 0.3) is 6.43 Å². The van der Waals surface area contributed by atoms with E-state index in [1.54, 1.807) is 6.07 Å². The molecule has 0 bridgehead atoms. The van der Waals surface area contributed by atoms with E-state index in [1.165, 1.54) is 12.3 Å². The Morgan fingerprint density at radius 1 is 1.11 bits per heavy atom. The minimum absolute atomic E-state index is 0.240. The highest BCUT2D eigenvalue weighted by Gasteiger charge is 2.51. The number of aromatic nitrogens is 1. The van der Waals surface area contributed by atoms with Gasteiger partial charge in [-0.25, -0.2) is 8.78 Å². The van der Waals surface area contributed by atoms with E-state index in [9.17, 15) is 8.78 Å². The van der Waals surface area contributed by atoms with Crippen LogP contribution in [-0.4, -0.2) is 23.3 Å². The zero-order chi connectivity index (χ0) is 13.6. The molecule has 1 saturated heterocycles. The van der Waals surface area contributed by atoms with Gasteiger partial charge in [-0.3, -0.25) is 4.98 Å². The Hall–Kier alpha value is -1.01. The van der Waals surface area contributed by atoms with Gasteiger partial charge in [-0.2, -0.15) is 0 Å². The van der Waals surface area contributed by atoms with Crippen LogP contribution in [0.4, 0.5) is 8.78 Å². The molecule has 0 atom stereocenters. The summed E-state index contributed by atoms with van der Waals surface area (Å²) in [6.45, 7) is 7.75. The van der Waals surface area contributed by atoms with E-state index in [1.807, 2.05) is 27.7 Å². The molecular formula is C12H16BF2NO2. The number of hydrogen-bond acceptors (Lipinski definition) is 3. The molecule has 0 saturated carbocycles. The maximum Gasteiger partial charge on any atom is 0.496 e. The van der Waals surface area contributed by atoms with Crippen molar-refractivity contribution in [2.45, 2.75) is 45.3 Å². The van der Waals surface area contributed by atoms with Crippen LogP contribution in [0.5, 0.6) is 0 Å². The number of halogens is 2. The van der Waals surface area contributed by atoms with Crippen LogP contribution < -0.4 is 5.46 Å². The van der Waals surface area contributed by atoms with Crippen molar-refractivity contribution < 1.29 is 18.1 Å². The molecule has 1 aliphatic rings. The number of rotatable bonds is 2. The summed E-state index contributed by atoms with van der Waals surface area (Å²) in [6.07, 6.45) is -1.18. The van der Waals surface area contributed by atoms with E-state index >= 15 is 0 Å². The molecule has 18 heavy (non-hydrogen) atoms. The van der Waals surface area contributed by atoms with Crippen molar-refractivity contribution in [1.82, 2.24) is 4.98 Å². The van der Waals surface area contributed by atoms with Gasteiger partial charge in [0, 0.05) is 11.7 Å². The molecule has 0 unspecified atom stereocenters. The number of nitrogens with zero attached hydrogens (tertiary/aromatic N) is 1. The molecular weight excluding hydrogens is 239 g/mol. The normalized spacial score (nSPS) is 21.6. The highest BCUT2D eigenvalue weighted by Crippen LogP contribution is 2.36. The van der Waals surface area contributed by atoms with Crippen molar-refractivity contribution in [3.05, 3.63) is 24.0 Å². The molecule has 2 rings (SSSR count). The van der Waals surface area contributed by atoms with Gasteiger partial charge in [0.15, 0.2) is 0 Å². The van der Waals surface area contributed by atoms with Crippen molar-refractivity contribution >= 4 is 12.6 Å². The Balaban J connectivity index is 2.19. The lowest BCUT2D eigenvalue weighted by molar-refractivity contribution is 0.00578. The molecule has 6 heteroatoms. The Labute approximate surface area is 106 Å². The number of pyridine rings is 1. The van der Waals surface area contributed by atoms with E-state index in [4.69, 9.17) is 9.31 Å². The molecule has 2 heterocycles. The van der Waals surface area contributed by atoms with E-state index < -0.39 is 24.7 Å². The first kappa shape index (κ1) is 13.4. The van der Waals surface area contributed by atoms with E-state index in [2.05, 4.69) is 4.98 Å². The third kappa shape index (κ3) is 2.27. The zero-order valence-electron chi connectivity index (χ0n) is 10.9. The van der Waals surface area contributed by atoms with Gasteiger partial charge >= 0.3 is 7.12 Å². The summed E-state index contributed by atoms with van der Waals surface area (Å²) in [7, 11) is -0.561. The molecule has 3 nitrogen and oxygen atoms in total. The number of alkyl halides is 2. The van der Waals surface area contributed by atoms with Gasteiger partial charge in [-0.05, 0) is 33.8 Å². The second kappa shape index (κ2) is 4.28. The lowest BCUT2D eigenvalue weighted by Gasteiger charge is -2.32. The quantitative estimate of drug-likeness (QED) is 0.760. The second-order valence-corrected chi connectivity index (χ2v) is 5.41. The topological polar surface area (TPSA) is 31.4 Å². The SMILES string of the molecule is CC1(C)OB(c2ccc(C(F)F)nc2)OC1(C)C. The third-order valence-electron chi connectivity index (χ3n) is 3.56. The average molecular weight is 255 g/mol. The summed E-state index contributed by atoms with van der Waals surface area (Å²) in [5, 5.41) is 0. The lowest BCUT2D eigenvalue weighted by Crippen LogP contribution is -2.41. The third-order valence-corrected chi connectivity index (χ3v) is 3.56. The highest BCUT2D eigenvalue weighted by molar-refractivity contribution is 6.62. The van der Waals surface area contributed by atoms with Gasteiger partial charge in [0.2, 0.25) is 0 Å². The minimum atomic E-state index is -2.56. The van der Waals surface area contributed by atoms with Gasteiger partial charge in [-0.15, -0.1) is 0 Å². The monoisotopic (exact) mass is 255 g/mol. The van der Waals surface area contributed by atoms with Gasteiger partial charge < -0.3 is 9.31 Å². The van der Waals surface area contributed by atoms with Crippen molar-refractivity contribution in [2.24, 2.45) is 0 Å². The van der Waals surface area contributed by atoms with Crippen LogP contribution >= 0.6 is 0 Å². The summed E-state index contributed by atoms with van der Waals surface area (Å²) < 4.78 is 36.4. The van der Waals surface area contributed by atoms with Crippen molar-refractivity contribution in [1.29, 1.82) is 0 Å².